The van der Waals surface area contributed by atoms with Crippen LogP contribution in [0.1, 0.15) is 15.8 Å². The van der Waals surface area contributed by atoms with E-state index in [1.54, 1.807) is 0 Å². The Hall–Kier alpha value is -1.74. The number of thiophene rings is 2. The van der Waals surface area contributed by atoms with Crippen LogP contribution in [0.15, 0.2) is 35.0 Å². The lowest BCUT2D eigenvalue weighted by Gasteiger charge is -2.19. The van der Waals surface area contributed by atoms with Crippen molar-refractivity contribution in [1.29, 1.82) is 0 Å². The highest BCUT2D eigenvalue weighted by Crippen LogP contribution is 2.29. The largest absolute Gasteiger partial charge is 0.479 e. The van der Waals surface area contributed by atoms with Crippen LogP contribution in [0.3, 0.4) is 0 Å². The standard InChI is InChI=1S/C14H13NO5S2/c16-13(11-12(14(17)18)20-7-19-11)15-10(8-3-1-5-21-8)9-4-2-6-22-9/h1-6,10-12H,7H2,(H,15,16)(H,17,18)/t11-,12-/m1/s1. The molecule has 0 radical (unpaired) electrons. The van der Waals surface area contributed by atoms with Gasteiger partial charge in [0.05, 0.1) is 6.04 Å². The molecule has 6 nitrogen and oxygen atoms in total. The van der Waals surface area contributed by atoms with Gasteiger partial charge < -0.3 is 19.9 Å². The van der Waals surface area contributed by atoms with E-state index in [-0.39, 0.29) is 12.8 Å². The minimum Gasteiger partial charge on any atom is -0.479 e. The lowest BCUT2D eigenvalue weighted by molar-refractivity contribution is -0.150. The van der Waals surface area contributed by atoms with Crippen molar-refractivity contribution in [2.75, 3.05) is 6.79 Å². The molecule has 0 spiro atoms. The molecular formula is C14H13NO5S2. The first kappa shape index (κ1) is 15.2. The van der Waals surface area contributed by atoms with E-state index in [9.17, 15) is 9.59 Å². The summed E-state index contributed by atoms with van der Waals surface area (Å²) in [5, 5.41) is 15.8. The predicted octanol–water partition coefficient (Wildman–Crippen LogP) is 1.84. The number of carbonyl (C=O) groups is 2. The maximum Gasteiger partial charge on any atom is 0.336 e. The number of carbonyl (C=O) groups excluding carboxylic acids is 1. The first-order chi connectivity index (χ1) is 10.7. The van der Waals surface area contributed by atoms with Crippen molar-refractivity contribution in [3.63, 3.8) is 0 Å². The summed E-state index contributed by atoms with van der Waals surface area (Å²) in [6.45, 7) is -0.197. The van der Waals surface area contributed by atoms with Gasteiger partial charge in [0.25, 0.3) is 5.91 Å². The molecule has 1 aliphatic rings. The van der Waals surface area contributed by atoms with Crippen LogP contribution < -0.4 is 5.32 Å². The zero-order chi connectivity index (χ0) is 15.5. The van der Waals surface area contributed by atoms with Gasteiger partial charge in [0.2, 0.25) is 0 Å². The fraction of sp³-hybridized carbons (Fsp3) is 0.286. The van der Waals surface area contributed by atoms with Gasteiger partial charge in [0.1, 0.15) is 6.79 Å². The molecule has 1 aliphatic heterocycles. The molecule has 8 heteroatoms. The highest BCUT2D eigenvalue weighted by Gasteiger charge is 2.41. The van der Waals surface area contributed by atoms with Crippen LogP contribution in [-0.2, 0) is 19.1 Å². The van der Waals surface area contributed by atoms with Crippen molar-refractivity contribution >= 4 is 34.6 Å². The summed E-state index contributed by atoms with van der Waals surface area (Å²) in [7, 11) is 0. The summed E-state index contributed by atoms with van der Waals surface area (Å²) in [4.78, 5) is 25.4. The lowest BCUT2D eigenvalue weighted by Crippen LogP contribution is -2.45. The molecule has 2 atom stereocenters. The summed E-state index contributed by atoms with van der Waals surface area (Å²) in [6, 6.07) is 7.35. The van der Waals surface area contributed by atoms with Crippen molar-refractivity contribution in [1.82, 2.24) is 5.32 Å². The second-order valence-electron chi connectivity index (χ2n) is 4.60. The highest BCUT2D eigenvalue weighted by molar-refractivity contribution is 7.11. The quantitative estimate of drug-likeness (QED) is 0.868. The SMILES string of the molecule is O=C(O)[C@@H]1OCO[C@H]1C(=O)NC(c1cccs1)c1cccs1. The van der Waals surface area contributed by atoms with Crippen molar-refractivity contribution in [2.24, 2.45) is 0 Å². The Bertz CT molecular complexity index is 606. The first-order valence-electron chi connectivity index (χ1n) is 6.50. The van der Waals surface area contributed by atoms with E-state index in [0.717, 1.165) is 9.75 Å². The van der Waals surface area contributed by atoms with Crippen molar-refractivity contribution in [3.8, 4) is 0 Å². The van der Waals surface area contributed by atoms with Crippen molar-refractivity contribution in [3.05, 3.63) is 44.8 Å². The fourth-order valence-electron chi connectivity index (χ4n) is 2.19. The van der Waals surface area contributed by atoms with Gasteiger partial charge in [-0.05, 0) is 22.9 Å². The van der Waals surface area contributed by atoms with Crippen molar-refractivity contribution < 1.29 is 24.2 Å². The summed E-state index contributed by atoms with van der Waals surface area (Å²) >= 11 is 3.05. The molecule has 0 aromatic carbocycles. The molecule has 1 saturated heterocycles. The van der Waals surface area contributed by atoms with Gasteiger partial charge in [-0.15, -0.1) is 22.7 Å². The van der Waals surface area contributed by atoms with Crippen LogP contribution in [0.2, 0.25) is 0 Å². The molecule has 3 heterocycles. The number of aliphatic carboxylic acids is 1. The molecule has 116 valence electrons. The predicted molar refractivity (Wildman–Crippen MR) is 80.9 cm³/mol. The monoisotopic (exact) mass is 339 g/mol. The number of hydrogen-bond donors (Lipinski definition) is 2. The average molecular weight is 339 g/mol. The van der Waals surface area contributed by atoms with Gasteiger partial charge in [-0.3, -0.25) is 4.79 Å². The fourth-order valence-corrected chi connectivity index (χ4v) is 3.85. The lowest BCUT2D eigenvalue weighted by atomic mass is 10.1. The van der Waals surface area contributed by atoms with Crippen molar-refractivity contribution in [2.45, 2.75) is 18.2 Å². The second-order valence-corrected chi connectivity index (χ2v) is 6.56. The molecule has 0 unspecified atom stereocenters. The minimum atomic E-state index is -1.27. The molecule has 0 saturated carbocycles. The summed E-state index contributed by atoms with van der Waals surface area (Å²) < 4.78 is 10.0. The number of carboxylic acid groups (broad SMARTS) is 1. The zero-order valence-electron chi connectivity index (χ0n) is 11.3. The molecule has 22 heavy (non-hydrogen) atoms. The van der Waals surface area contributed by atoms with E-state index >= 15 is 0 Å². The van der Waals surface area contributed by atoms with Crippen LogP contribution in [0.5, 0.6) is 0 Å². The van der Waals surface area contributed by atoms with Crippen LogP contribution in [-0.4, -0.2) is 36.0 Å². The number of rotatable bonds is 5. The Labute approximate surface area is 134 Å². The molecular weight excluding hydrogens is 326 g/mol. The molecule has 1 amide bonds. The Balaban J connectivity index is 1.79. The first-order valence-corrected chi connectivity index (χ1v) is 8.26. The van der Waals surface area contributed by atoms with Gasteiger partial charge in [-0.25, -0.2) is 4.79 Å². The third-order valence-corrected chi connectivity index (χ3v) is 5.09. The molecule has 1 fully saturated rings. The number of nitrogens with one attached hydrogen (secondary N) is 1. The molecule has 2 aromatic heterocycles. The molecule has 0 aliphatic carbocycles. The number of ether oxygens (including phenoxy) is 2. The van der Waals surface area contributed by atoms with E-state index < -0.39 is 24.1 Å². The van der Waals surface area contributed by atoms with Crippen LogP contribution >= 0.6 is 22.7 Å². The number of hydrogen-bond acceptors (Lipinski definition) is 6. The topological polar surface area (TPSA) is 84.9 Å². The summed E-state index contributed by atoms with van der Waals surface area (Å²) in [5.41, 5.74) is 0. The van der Waals surface area contributed by atoms with Crippen LogP contribution in [0.4, 0.5) is 0 Å². The third-order valence-electron chi connectivity index (χ3n) is 3.21. The Kier molecular flexibility index (Phi) is 4.53. The van der Waals surface area contributed by atoms with Gasteiger partial charge in [-0.1, -0.05) is 12.1 Å². The minimum absolute atomic E-state index is 0.197. The Morgan fingerprint density at radius 1 is 1.14 bits per heavy atom. The van der Waals surface area contributed by atoms with Gasteiger partial charge in [0, 0.05) is 9.75 Å². The third kappa shape index (κ3) is 3.05. The van der Waals surface area contributed by atoms with Crippen LogP contribution in [0, 0.1) is 0 Å². The Morgan fingerprint density at radius 2 is 1.73 bits per heavy atom. The molecule has 2 aromatic rings. The Morgan fingerprint density at radius 3 is 2.23 bits per heavy atom. The zero-order valence-corrected chi connectivity index (χ0v) is 12.9. The second kappa shape index (κ2) is 6.57. The van der Waals surface area contributed by atoms with Gasteiger partial charge in [0.15, 0.2) is 12.2 Å². The van der Waals surface area contributed by atoms with E-state index in [1.165, 1.54) is 22.7 Å². The average Bonchev–Trinajstić information content (AvgIpc) is 3.26. The maximum atomic E-state index is 12.4. The summed E-state index contributed by atoms with van der Waals surface area (Å²) in [6.07, 6.45) is -2.41. The van der Waals surface area contributed by atoms with Crippen LogP contribution in [0.25, 0.3) is 0 Å². The van der Waals surface area contributed by atoms with E-state index in [2.05, 4.69) is 5.32 Å². The highest BCUT2D eigenvalue weighted by atomic mass is 32.1. The van der Waals surface area contributed by atoms with E-state index in [0.29, 0.717) is 0 Å². The maximum absolute atomic E-state index is 12.4. The number of carboxylic acids is 1. The van der Waals surface area contributed by atoms with Gasteiger partial charge in [-0.2, -0.15) is 0 Å². The van der Waals surface area contributed by atoms with E-state index in [1.807, 2.05) is 35.0 Å². The van der Waals surface area contributed by atoms with E-state index in [4.69, 9.17) is 14.6 Å². The normalized spacial score (nSPS) is 21.1. The molecule has 0 bridgehead atoms. The van der Waals surface area contributed by atoms with Gasteiger partial charge >= 0.3 is 5.97 Å². The molecule has 2 N–H and O–H groups in total. The smallest absolute Gasteiger partial charge is 0.336 e. The summed E-state index contributed by atoms with van der Waals surface area (Å²) in [5.74, 6) is -1.70. The number of amides is 1. The molecule has 3 rings (SSSR count).